The molecular weight excluding hydrogens is 528 g/mol. The molecule has 39 heavy (non-hydrogen) atoms. The molecule has 5 N–H and O–H groups in total. The second-order valence-electron chi connectivity index (χ2n) is 9.11. The molecule has 1 unspecified atom stereocenters. The summed E-state index contributed by atoms with van der Waals surface area (Å²) in [5, 5.41) is 21.9. The fraction of sp³-hybridized carbons (Fsp3) is 0.286. The third kappa shape index (κ3) is 6.72. The number of aliphatic hydroxyl groups is 1. The molecule has 1 atom stereocenters. The molecule has 3 aromatic carbocycles. The lowest BCUT2D eigenvalue weighted by Gasteiger charge is -2.21. The summed E-state index contributed by atoms with van der Waals surface area (Å²) < 4.78 is 22.9. The van der Waals surface area contributed by atoms with Crippen LogP contribution in [0.1, 0.15) is 23.6 Å². The van der Waals surface area contributed by atoms with E-state index in [9.17, 15) is 14.7 Å². The highest BCUT2D eigenvalue weighted by Crippen LogP contribution is 2.37. The van der Waals surface area contributed by atoms with Crippen molar-refractivity contribution in [2.75, 3.05) is 19.8 Å². The Balaban J connectivity index is 1.55. The highest BCUT2D eigenvalue weighted by Gasteiger charge is 2.29. The van der Waals surface area contributed by atoms with Gasteiger partial charge in [0.25, 0.3) is 5.91 Å². The number of fused-ring (bicyclic) bond motifs is 1. The van der Waals surface area contributed by atoms with Gasteiger partial charge in [0.1, 0.15) is 31.3 Å². The molecule has 11 heteroatoms. The molecule has 0 fully saturated rings. The van der Waals surface area contributed by atoms with Crippen molar-refractivity contribution < 1.29 is 38.7 Å². The summed E-state index contributed by atoms with van der Waals surface area (Å²) in [6.45, 7) is 3.77. The number of carboxylic acid groups (broad SMARTS) is 1. The van der Waals surface area contributed by atoms with Crippen LogP contribution in [-0.2, 0) is 22.7 Å². The summed E-state index contributed by atoms with van der Waals surface area (Å²) >= 11 is 6.47. The topological polar surface area (TPSA) is 150 Å². The quantitative estimate of drug-likeness (QED) is 0.260. The number of carbonyl (C=O) groups excluding carboxylic acids is 1. The molecule has 0 spiro atoms. The average molecular weight is 557 g/mol. The average Bonchev–Trinajstić information content (AvgIpc) is 2.90. The number of benzene rings is 3. The van der Waals surface area contributed by atoms with Crippen molar-refractivity contribution in [2.24, 2.45) is 5.73 Å². The van der Waals surface area contributed by atoms with E-state index in [-0.39, 0.29) is 29.7 Å². The van der Waals surface area contributed by atoms with Crippen LogP contribution in [0, 0.1) is 6.92 Å². The number of aliphatic carboxylic acids is 1. The van der Waals surface area contributed by atoms with E-state index in [4.69, 9.17) is 41.4 Å². The van der Waals surface area contributed by atoms with Crippen molar-refractivity contribution in [1.29, 1.82) is 0 Å². The Bertz CT molecular complexity index is 1390. The van der Waals surface area contributed by atoms with Crippen LogP contribution in [0.15, 0.2) is 48.5 Å². The van der Waals surface area contributed by atoms with Crippen LogP contribution >= 0.6 is 11.6 Å². The van der Waals surface area contributed by atoms with E-state index in [0.717, 1.165) is 34.9 Å². The summed E-state index contributed by atoms with van der Waals surface area (Å²) in [5.41, 5.74) is 7.34. The number of nitrogens with two attached hydrogens (primary N) is 1. The number of primary amides is 1. The van der Waals surface area contributed by atoms with E-state index >= 15 is 0 Å². The number of hydrogen-bond donors (Lipinski definition) is 4. The summed E-state index contributed by atoms with van der Waals surface area (Å²) in [5.74, 6) is -0.249. The number of halogens is 1. The number of nitrogens with one attached hydrogen (secondary N) is 1. The van der Waals surface area contributed by atoms with Gasteiger partial charge in [-0.1, -0.05) is 35.9 Å². The first-order valence-corrected chi connectivity index (χ1v) is 12.5. The predicted molar refractivity (Wildman–Crippen MR) is 143 cm³/mol. The zero-order valence-electron chi connectivity index (χ0n) is 21.5. The normalized spacial score (nSPS) is 13.8. The lowest BCUT2D eigenvalue weighted by Crippen LogP contribution is -2.48. The van der Waals surface area contributed by atoms with Gasteiger partial charge >= 0.3 is 5.97 Å². The number of rotatable bonds is 11. The first-order valence-electron chi connectivity index (χ1n) is 12.1. The Morgan fingerprint density at radius 1 is 1.05 bits per heavy atom. The molecule has 0 aliphatic carbocycles. The smallest absolute Gasteiger partial charge is 0.350 e. The largest absolute Gasteiger partial charge is 0.487 e. The SMILES string of the molecule is Cc1c(COc2cc(OCC(N)=O)c(CNC(C)(O)C(=O)O)cc2Cl)cccc1-c1ccc2c(c1)OCCO2. The van der Waals surface area contributed by atoms with Crippen LogP contribution in [0.5, 0.6) is 23.0 Å². The molecular formula is C28H29ClN2O8. The molecule has 1 aliphatic rings. The Morgan fingerprint density at radius 2 is 1.79 bits per heavy atom. The molecule has 0 radical (unpaired) electrons. The predicted octanol–water partition coefficient (Wildman–Crippen LogP) is 3.41. The van der Waals surface area contributed by atoms with E-state index in [1.807, 2.05) is 43.3 Å². The maximum atomic E-state index is 11.3. The van der Waals surface area contributed by atoms with E-state index in [1.54, 1.807) is 0 Å². The highest BCUT2D eigenvalue weighted by molar-refractivity contribution is 6.32. The second-order valence-corrected chi connectivity index (χ2v) is 9.52. The molecule has 0 aromatic heterocycles. The molecule has 4 rings (SSSR count). The van der Waals surface area contributed by atoms with Gasteiger partial charge < -0.3 is 34.9 Å². The van der Waals surface area contributed by atoms with Gasteiger partial charge in [-0.2, -0.15) is 0 Å². The minimum absolute atomic E-state index is 0.121. The standard InChI is InChI=1S/C28H29ClN2O8/c1-16-18(4-3-5-20(16)17-6-7-22-25(11-17)37-9-8-36-22)14-38-24-12-23(39-15-26(30)32)19(10-21(24)29)13-31-28(2,35)27(33)34/h3-7,10-12,31,35H,8-9,13-15H2,1-2H3,(H2,30,32)(H,33,34). The van der Waals surface area contributed by atoms with Crippen molar-refractivity contribution in [3.63, 3.8) is 0 Å². The van der Waals surface area contributed by atoms with E-state index in [1.165, 1.54) is 12.1 Å². The van der Waals surface area contributed by atoms with Gasteiger partial charge in [-0.3, -0.25) is 10.1 Å². The lowest BCUT2D eigenvalue weighted by molar-refractivity contribution is -0.160. The summed E-state index contributed by atoms with van der Waals surface area (Å²) in [4.78, 5) is 22.5. The van der Waals surface area contributed by atoms with Gasteiger partial charge in [0.05, 0.1) is 5.02 Å². The van der Waals surface area contributed by atoms with Crippen LogP contribution in [-0.4, -0.2) is 47.6 Å². The van der Waals surface area contributed by atoms with Gasteiger partial charge in [0.2, 0.25) is 5.72 Å². The van der Waals surface area contributed by atoms with Crippen LogP contribution in [0.4, 0.5) is 0 Å². The van der Waals surface area contributed by atoms with Crippen molar-refractivity contribution in [1.82, 2.24) is 5.32 Å². The summed E-state index contributed by atoms with van der Waals surface area (Å²) in [7, 11) is 0. The first kappa shape index (κ1) is 28.0. The van der Waals surface area contributed by atoms with Crippen molar-refractivity contribution in [3.8, 4) is 34.1 Å². The number of amides is 1. The van der Waals surface area contributed by atoms with Crippen molar-refractivity contribution in [2.45, 2.75) is 32.7 Å². The van der Waals surface area contributed by atoms with Gasteiger partial charge in [0, 0.05) is 18.2 Å². The maximum absolute atomic E-state index is 11.3. The zero-order chi connectivity index (χ0) is 28.2. The Labute approximate surface area is 230 Å². The summed E-state index contributed by atoms with van der Waals surface area (Å²) in [6.07, 6.45) is 0. The van der Waals surface area contributed by atoms with E-state index in [0.29, 0.717) is 24.5 Å². The fourth-order valence-electron chi connectivity index (χ4n) is 3.97. The maximum Gasteiger partial charge on any atom is 0.350 e. The molecule has 1 amide bonds. The van der Waals surface area contributed by atoms with E-state index in [2.05, 4.69) is 5.32 Å². The minimum Gasteiger partial charge on any atom is -0.487 e. The molecule has 0 saturated heterocycles. The van der Waals surface area contributed by atoms with Gasteiger partial charge in [-0.05, 0) is 54.3 Å². The number of ether oxygens (including phenoxy) is 4. The molecule has 1 heterocycles. The van der Waals surface area contributed by atoms with Gasteiger partial charge in [0.15, 0.2) is 18.1 Å². The van der Waals surface area contributed by atoms with Crippen LogP contribution in [0.2, 0.25) is 5.02 Å². The van der Waals surface area contributed by atoms with E-state index < -0.39 is 24.2 Å². The second kappa shape index (κ2) is 11.8. The Morgan fingerprint density at radius 3 is 2.51 bits per heavy atom. The molecule has 206 valence electrons. The molecule has 0 saturated carbocycles. The Kier molecular flexibility index (Phi) is 8.49. The highest BCUT2D eigenvalue weighted by atomic mass is 35.5. The number of hydrogen-bond acceptors (Lipinski definition) is 8. The molecule has 0 bridgehead atoms. The van der Waals surface area contributed by atoms with Crippen LogP contribution < -0.4 is 30.0 Å². The zero-order valence-corrected chi connectivity index (χ0v) is 22.2. The fourth-order valence-corrected chi connectivity index (χ4v) is 4.21. The van der Waals surface area contributed by atoms with Crippen molar-refractivity contribution in [3.05, 3.63) is 70.2 Å². The number of carbonyl (C=O) groups is 2. The van der Waals surface area contributed by atoms with Crippen LogP contribution in [0.25, 0.3) is 11.1 Å². The summed E-state index contributed by atoms with van der Waals surface area (Å²) in [6, 6.07) is 14.7. The Hall–Kier alpha value is -3.99. The first-order chi connectivity index (χ1) is 18.5. The van der Waals surface area contributed by atoms with Crippen molar-refractivity contribution >= 4 is 23.5 Å². The van der Waals surface area contributed by atoms with Gasteiger partial charge in [-0.25, -0.2) is 4.79 Å². The third-order valence-electron chi connectivity index (χ3n) is 6.21. The van der Waals surface area contributed by atoms with Crippen LogP contribution in [0.3, 0.4) is 0 Å². The van der Waals surface area contributed by atoms with Gasteiger partial charge in [-0.15, -0.1) is 0 Å². The molecule has 10 nitrogen and oxygen atoms in total. The number of carboxylic acids is 1. The lowest BCUT2D eigenvalue weighted by atomic mass is 9.96. The minimum atomic E-state index is -2.19. The third-order valence-corrected chi connectivity index (χ3v) is 6.50. The monoisotopic (exact) mass is 556 g/mol. The molecule has 3 aromatic rings. The molecule has 1 aliphatic heterocycles.